The number of nitrogens with zero attached hydrogens (tertiary/aromatic N) is 1. The number of amides is 3. The van der Waals surface area contributed by atoms with Gasteiger partial charge < -0.3 is 30.1 Å². The summed E-state index contributed by atoms with van der Waals surface area (Å²) in [6.07, 6.45) is 0.702. The Hall–Kier alpha value is -3.18. The van der Waals surface area contributed by atoms with E-state index in [1.165, 1.54) is 24.2 Å². The van der Waals surface area contributed by atoms with Crippen molar-refractivity contribution < 1.29 is 33.8 Å². The monoisotopic (exact) mass is 549 g/mol. The molecule has 2 aliphatic rings. The molecule has 0 saturated carbocycles. The summed E-state index contributed by atoms with van der Waals surface area (Å²) < 4.78 is 10.8. The van der Waals surface area contributed by atoms with Gasteiger partial charge in [0.05, 0.1) is 18.7 Å². The van der Waals surface area contributed by atoms with Crippen molar-refractivity contribution >= 4 is 39.8 Å². The lowest BCUT2D eigenvalue weighted by atomic mass is 9.89. The summed E-state index contributed by atoms with van der Waals surface area (Å²) in [4.78, 5) is 52.0. The summed E-state index contributed by atoms with van der Waals surface area (Å²) in [5.74, 6) is -1.44. The summed E-state index contributed by atoms with van der Waals surface area (Å²) in [6.45, 7) is 4.03. The number of aliphatic hydroxyl groups excluding tert-OH is 1. The van der Waals surface area contributed by atoms with E-state index < -0.39 is 48.2 Å². The van der Waals surface area contributed by atoms with Gasteiger partial charge in [-0.05, 0) is 40.9 Å². The molecule has 3 N–H and O–H groups in total. The van der Waals surface area contributed by atoms with E-state index in [1.54, 1.807) is 24.3 Å². The highest BCUT2D eigenvalue weighted by molar-refractivity contribution is 9.10. The number of rotatable bonds is 7. The molecule has 1 aliphatic heterocycles. The van der Waals surface area contributed by atoms with Crippen LogP contribution in [0.15, 0.2) is 53.0 Å². The Labute approximate surface area is 211 Å². The first-order chi connectivity index (χ1) is 16.8. The van der Waals surface area contributed by atoms with Gasteiger partial charge in [-0.2, -0.15) is 0 Å². The highest BCUT2D eigenvalue weighted by Gasteiger charge is 2.41. The third-order valence-electron chi connectivity index (χ3n) is 5.88. The first-order valence-corrected chi connectivity index (χ1v) is 11.9. The molecule has 0 radical (unpaired) electrons. The van der Waals surface area contributed by atoms with Crippen LogP contribution < -0.4 is 10.6 Å². The van der Waals surface area contributed by atoms with Crippen molar-refractivity contribution in [3.8, 4) is 0 Å². The molecule has 1 aliphatic carbocycles. The van der Waals surface area contributed by atoms with Gasteiger partial charge in [-0.15, -0.1) is 6.58 Å². The maximum absolute atomic E-state index is 13.4. The zero-order valence-corrected chi connectivity index (χ0v) is 20.8. The minimum atomic E-state index is -1.32. The molecule has 0 bridgehead atoms. The minimum Gasteiger partial charge on any atom is -0.467 e. The Balaban J connectivity index is 1.87. The van der Waals surface area contributed by atoms with E-state index in [1.807, 2.05) is 0 Å². The lowest BCUT2D eigenvalue weighted by Gasteiger charge is -2.35. The molecule has 1 aromatic carbocycles. The van der Waals surface area contributed by atoms with Gasteiger partial charge in [-0.1, -0.05) is 24.3 Å². The molecule has 11 heteroatoms. The lowest BCUT2D eigenvalue weighted by Crippen LogP contribution is -2.53. The Morgan fingerprint density at radius 2 is 2.03 bits per heavy atom. The number of carbonyl (C=O) groups is 4. The molecule has 4 atom stereocenters. The molecular weight excluding hydrogens is 522 g/mol. The molecule has 3 rings (SSSR count). The van der Waals surface area contributed by atoms with Crippen LogP contribution in [0, 0.1) is 0 Å². The topological polar surface area (TPSA) is 134 Å². The number of hydrogen-bond acceptors (Lipinski definition) is 7. The molecule has 35 heavy (non-hydrogen) atoms. The third-order valence-corrected chi connectivity index (χ3v) is 6.57. The van der Waals surface area contributed by atoms with E-state index in [-0.39, 0.29) is 18.5 Å². The van der Waals surface area contributed by atoms with Crippen molar-refractivity contribution in [1.29, 1.82) is 0 Å². The average molecular weight is 550 g/mol. The van der Waals surface area contributed by atoms with E-state index in [2.05, 4.69) is 33.1 Å². The van der Waals surface area contributed by atoms with Crippen molar-refractivity contribution in [3.05, 3.63) is 58.6 Å². The van der Waals surface area contributed by atoms with Gasteiger partial charge >= 0.3 is 12.1 Å². The number of benzene rings is 1. The number of nitrogens with one attached hydrogen (secondary N) is 2. The SMILES string of the molecule is C=CCNC(=O)O[C@@H]1CC(C(=O)N2CCC[C@@H]2C(=O)OC)=C[C@@H](NC(=O)c2ccccc2Br)[C@H]1O. The van der Waals surface area contributed by atoms with Crippen LogP contribution >= 0.6 is 15.9 Å². The Morgan fingerprint density at radius 1 is 1.29 bits per heavy atom. The van der Waals surface area contributed by atoms with Gasteiger partial charge in [0.1, 0.15) is 18.2 Å². The molecule has 1 aromatic rings. The Kier molecular flexibility index (Phi) is 9.05. The lowest BCUT2D eigenvalue weighted by molar-refractivity contribution is -0.150. The molecule has 0 aromatic heterocycles. The number of hydrogen-bond donors (Lipinski definition) is 3. The van der Waals surface area contributed by atoms with Crippen molar-refractivity contribution in [3.63, 3.8) is 0 Å². The van der Waals surface area contributed by atoms with E-state index in [0.717, 1.165) is 0 Å². The second kappa shape index (κ2) is 12.0. The standard InChI is InChI=1S/C24H28BrN3O7/c1-3-10-26-24(33)35-19-13-14(22(31)28-11-6-9-18(28)23(32)34-2)12-17(20(19)29)27-21(30)15-7-4-5-8-16(15)25/h3-5,7-8,12,17-20,29H,1,6,9-11,13H2,2H3,(H,26,33)(H,27,30)/t17-,18-,19-,20-/m1/s1. The van der Waals surface area contributed by atoms with Crippen LogP contribution in [0.3, 0.4) is 0 Å². The number of ether oxygens (including phenoxy) is 2. The van der Waals surface area contributed by atoms with E-state index >= 15 is 0 Å². The van der Waals surface area contributed by atoms with Gasteiger partial charge in [-0.25, -0.2) is 9.59 Å². The first kappa shape index (κ1) is 26.4. The minimum absolute atomic E-state index is 0.0900. The van der Waals surface area contributed by atoms with Crippen molar-refractivity contribution in [2.75, 3.05) is 20.2 Å². The summed E-state index contributed by atoms with van der Waals surface area (Å²) in [6, 6.07) is 5.01. The zero-order chi connectivity index (χ0) is 25.5. The van der Waals surface area contributed by atoms with Gasteiger partial charge in [0.2, 0.25) is 5.91 Å². The smallest absolute Gasteiger partial charge is 0.407 e. The molecule has 10 nitrogen and oxygen atoms in total. The maximum atomic E-state index is 13.4. The molecular formula is C24H28BrN3O7. The number of methoxy groups -OCH3 is 1. The number of aliphatic hydroxyl groups is 1. The second-order valence-corrected chi connectivity index (χ2v) is 9.01. The van der Waals surface area contributed by atoms with Crippen LogP contribution in [0.4, 0.5) is 4.79 Å². The van der Waals surface area contributed by atoms with Crippen LogP contribution in [0.25, 0.3) is 0 Å². The molecule has 3 amide bonds. The fraction of sp³-hybridized carbons (Fsp3) is 0.417. The number of alkyl carbamates (subject to hydrolysis) is 1. The van der Waals surface area contributed by atoms with E-state index in [0.29, 0.717) is 29.4 Å². The van der Waals surface area contributed by atoms with Gasteiger partial charge in [-0.3, -0.25) is 9.59 Å². The highest BCUT2D eigenvalue weighted by atomic mass is 79.9. The number of likely N-dealkylation sites (tertiary alicyclic amines) is 1. The Morgan fingerprint density at radius 3 is 2.71 bits per heavy atom. The fourth-order valence-electron chi connectivity index (χ4n) is 4.13. The number of esters is 1. The second-order valence-electron chi connectivity index (χ2n) is 8.16. The van der Waals surface area contributed by atoms with E-state index in [4.69, 9.17) is 9.47 Å². The maximum Gasteiger partial charge on any atom is 0.407 e. The largest absolute Gasteiger partial charge is 0.467 e. The molecule has 0 spiro atoms. The van der Waals surface area contributed by atoms with Gasteiger partial charge in [0.15, 0.2) is 0 Å². The van der Waals surface area contributed by atoms with Crippen LogP contribution in [0.1, 0.15) is 29.6 Å². The summed E-state index contributed by atoms with van der Waals surface area (Å²) in [7, 11) is 1.26. The zero-order valence-electron chi connectivity index (χ0n) is 19.2. The van der Waals surface area contributed by atoms with Crippen LogP contribution in [0.2, 0.25) is 0 Å². The van der Waals surface area contributed by atoms with Crippen molar-refractivity contribution in [2.24, 2.45) is 0 Å². The normalized spacial score (nSPS) is 23.6. The first-order valence-electron chi connectivity index (χ1n) is 11.1. The van der Waals surface area contributed by atoms with Crippen LogP contribution in [-0.2, 0) is 19.1 Å². The van der Waals surface area contributed by atoms with Crippen LogP contribution in [-0.4, -0.2) is 78.4 Å². The van der Waals surface area contributed by atoms with Crippen molar-refractivity contribution in [1.82, 2.24) is 15.5 Å². The number of carbonyl (C=O) groups excluding carboxylic acids is 4. The fourth-order valence-corrected chi connectivity index (χ4v) is 4.60. The van der Waals surface area contributed by atoms with Crippen molar-refractivity contribution in [2.45, 2.75) is 43.6 Å². The third kappa shape index (κ3) is 6.29. The predicted octanol–water partition coefficient (Wildman–Crippen LogP) is 1.68. The number of halogens is 1. The highest BCUT2D eigenvalue weighted by Crippen LogP contribution is 2.28. The molecule has 1 heterocycles. The molecule has 0 unspecified atom stereocenters. The summed E-state index contributed by atoms with van der Waals surface area (Å²) in [5.41, 5.74) is 0.545. The molecule has 1 saturated heterocycles. The quantitative estimate of drug-likeness (QED) is 0.348. The Bertz CT molecular complexity index is 1030. The average Bonchev–Trinajstić information content (AvgIpc) is 3.34. The van der Waals surface area contributed by atoms with E-state index in [9.17, 15) is 24.3 Å². The van der Waals surface area contributed by atoms with Gasteiger partial charge in [0, 0.05) is 29.6 Å². The van der Waals surface area contributed by atoms with Gasteiger partial charge in [0.25, 0.3) is 5.91 Å². The molecule has 188 valence electrons. The predicted molar refractivity (Wildman–Crippen MR) is 129 cm³/mol. The summed E-state index contributed by atoms with van der Waals surface area (Å²) in [5, 5.41) is 16.1. The summed E-state index contributed by atoms with van der Waals surface area (Å²) >= 11 is 3.32. The van der Waals surface area contributed by atoms with Crippen LogP contribution in [0.5, 0.6) is 0 Å². The molecule has 1 fully saturated rings.